The van der Waals surface area contributed by atoms with E-state index in [2.05, 4.69) is 15.7 Å². The molecule has 4 rings (SSSR count). The molecule has 2 fully saturated rings. The summed E-state index contributed by atoms with van der Waals surface area (Å²) in [6, 6.07) is 6.10. The topological polar surface area (TPSA) is 111 Å². The second kappa shape index (κ2) is 4.81. The van der Waals surface area contributed by atoms with E-state index in [4.69, 9.17) is 11.5 Å². The van der Waals surface area contributed by atoms with Gasteiger partial charge in [-0.15, -0.1) is 0 Å². The third-order valence-corrected chi connectivity index (χ3v) is 6.00. The summed E-state index contributed by atoms with van der Waals surface area (Å²) in [5, 5.41) is 12.0. The molecule has 0 spiro atoms. The van der Waals surface area contributed by atoms with Gasteiger partial charge in [0.1, 0.15) is 0 Å². The molecule has 1 aliphatic heterocycles. The highest BCUT2D eigenvalue weighted by Crippen LogP contribution is 2.53. The second-order valence-electron chi connectivity index (χ2n) is 8.17. The molecule has 25 heavy (non-hydrogen) atoms. The molecule has 7 nitrogen and oxygen atoms in total. The molecule has 2 aromatic rings. The predicted octanol–water partition coefficient (Wildman–Crippen LogP) is -0.139. The van der Waals surface area contributed by atoms with Crippen LogP contribution in [0.3, 0.4) is 0 Å². The number of carbonyl (C=O) groups is 1. The zero-order valence-corrected chi connectivity index (χ0v) is 15.2. The maximum absolute atomic E-state index is 12.9. The number of benzene rings is 1. The smallest absolute Gasteiger partial charge is 0.227 e. The highest BCUT2D eigenvalue weighted by molar-refractivity contribution is 5.90. The van der Waals surface area contributed by atoms with Gasteiger partial charge < -0.3 is 22.1 Å². The summed E-state index contributed by atoms with van der Waals surface area (Å²) >= 11 is 0. The Hall–Kier alpha value is -1.96. The number of amides is 1. The summed E-state index contributed by atoms with van der Waals surface area (Å²) in [6.07, 6.45) is 0. The van der Waals surface area contributed by atoms with Crippen LogP contribution in [-0.2, 0) is 17.4 Å². The van der Waals surface area contributed by atoms with Crippen LogP contribution in [0.1, 0.15) is 25.1 Å². The van der Waals surface area contributed by atoms with E-state index < -0.39 is 16.6 Å². The van der Waals surface area contributed by atoms with Gasteiger partial charge in [-0.3, -0.25) is 9.48 Å². The van der Waals surface area contributed by atoms with Crippen LogP contribution < -0.4 is 22.1 Å². The van der Waals surface area contributed by atoms with Crippen LogP contribution in [0.4, 0.5) is 0 Å². The van der Waals surface area contributed by atoms with Gasteiger partial charge in [0, 0.05) is 25.5 Å². The first-order chi connectivity index (χ1) is 11.6. The first-order valence-electron chi connectivity index (χ1n) is 8.65. The van der Waals surface area contributed by atoms with E-state index in [1.807, 2.05) is 50.7 Å². The van der Waals surface area contributed by atoms with E-state index >= 15 is 0 Å². The highest BCUT2D eigenvalue weighted by Gasteiger charge is 2.78. The molecule has 2 aliphatic rings. The lowest BCUT2D eigenvalue weighted by Crippen LogP contribution is -2.47. The summed E-state index contributed by atoms with van der Waals surface area (Å²) in [6.45, 7) is 7.18. The minimum atomic E-state index is -0.641. The Morgan fingerprint density at radius 1 is 1.36 bits per heavy atom. The van der Waals surface area contributed by atoms with Gasteiger partial charge >= 0.3 is 0 Å². The quantitative estimate of drug-likeness (QED) is 0.620. The van der Waals surface area contributed by atoms with Gasteiger partial charge in [0.05, 0.1) is 33.7 Å². The summed E-state index contributed by atoms with van der Waals surface area (Å²) in [5.41, 5.74) is 13.9. The van der Waals surface area contributed by atoms with E-state index in [9.17, 15) is 4.79 Å². The van der Waals surface area contributed by atoms with Gasteiger partial charge in [-0.1, -0.05) is 18.2 Å². The molecule has 0 bridgehead atoms. The molecule has 1 saturated heterocycles. The number of nitrogens with one attached hydrogen (secondary N) is 2. The monoisotopic (exact) mass is 342 g/mol. The zero-order chi connectivity index (χ0) is 18.2. The first kappa shape index (κ1) is 16.5. The number of aryl methyl sites for hydroxylation is 2. The van der Waals surface area contributed by atoms with Crippen molar-refractivity contribution in [1.29, 1.82) is 0 Å². The van der Waals surface area contributed by atoms with E-state index in [0.717, 1.165) is 22.2 Å². The third kappa shape index (κ3) is 2.03. The van der Waals surface area contributed by atoms with Crippen molar-refractivity contribution in [2.75, 3.05) is 13.1 Å². The Balaban J connectivity index is 1.66. The fourth-order valence-corrected chi connectivity index (χ4v) is 4.67. The van der Waals surface area contributed by atoms with Crippen LogP contribution in [0.5, 0.6) is 0 Å². The van der Waals surface area contributed by atoms with Crippen molar-refractivity contribution < 1.29 is 4.79 Å². The van der Waals surface area contributed by atoms with Gasteiger partial charge in [-0.25, -0.2) is 0 Å². The van der Waals surface area contributed by atoms with Crippen LogP contribution in [0.25, 0.3) is 10.9 Å². The average Bonchev–Trinajstić information content (AvgIpc) is 2.75. The highest BCUT2D eigenvalue weighted by atomic mass is 16.2. The number of fused-ring (bicyclic) bond motifs is 2. The molecule has 1 aliphatic carbocycles. The van der Waals surface area contributed by atoms with Crippen LogP contribution >= 0.6 is 0 Å². The molecule has 0 radical (unpaired) electrons. The van der Waals surface area contributed by atoms with Gasteiger partial charge in [-0.05, 0) is 26.3 Å². The largest absolute Gasteiger partial charge is 0.345 e. The van der Waals surface area contributed by atoms with E-state index in [0.29, 0.717) is 13.1 Å². The maximum Gasteiger partial charge on any atom is 0.227 e. The SMILES string of the molecule is Cc1cccc2c(C(C)(C)NC(=O)C3[C@]4(N)CNC[C@]34N)n(C)nc12. The number of nitrogens with two attached hydrogens (primary N) is 2. The lowest BCUT2D eigenvalue weighted by molar-refractivity contribution is -0.125. The molecule has 3 atom stereocenters. The molecule has 6 N–H and O–H groups in total. The third-order valence-electron chi connectivity index (χ3n) is 6.00. The van der Waals surface area contributed by atoms with Crippen LogP contribution in [0.15, 0.2) is 18.2 Å². The van der Waals surface area contributed by atoms with Gasteiger partial charge in [-0.2, -0.15) is 5.10 Å². The fourth-order valence-electron chi connectivity index (χ4n) is 4.67. The van der Waals surface area contributed by atoms with E-state index in [-0.39, 0.29) is 11.8 Å². The van der Waals surface area contributed by atoms with Gasteiger partial charge in [0.15, 0.2) is 0 Å². The number of nitrogens with zero attached hydrogens (tertiary/aromatic N) is 2. The molecule has 2 heterocycles. The number of aromatic nitrogens is 2. The molecule has 1 unspecified atom stereocenters. The van der Waals surface area contributed by atoms with Crippen molar-refractivity contribution in [3.05, 3.63) is 29.5 Å². The summed E-state index contributed by atoms with van der Waals surface area (Å²) in [5.74, 6) is -0.444. The van der Waals surface area contributed by atoms with Gasteiger partial charge in [0.25, 0.3) is 0 Å². The maximum atomic E-state index is 12.9. The number of carbonyl (C=O) groups excluding carboxylic acids is 1. The van der Waals surface area contributed by atoms with E-state index in [1.54, 1.807) is 0 Å². The standard InChI is InChI=1S/C18H26N6O/c1-10-6-5-7-11-12(10)23-24(4)14(11)16(2,3)22-15(25)13-17(19)8-21-9-18(13,17)20/h5-7,13,21H,8-9,19-20H2,1-4H3,(H,22,25)/t13?,17-,18+. The summed E-state index contributed by atoms with van der Waals surface area (Å²) < 4.78 is 1.85. The predicted molar refractivity (Wildman–Crippen MR) is 96.8 cm³/mol. The second-order valence-corrected chi connectivity index (χ2v) is 8.17. The van der Waals surface area contributed by atoms with E-state index in [1.165, 1.54) is 0 Å². The Bertz CT molecular complexity index is 871. The van der Waals surface area contributed by atoms with Gasteiger partial charge in [0.2, 0.25) is 5.91 Å². The average molecular weight is 342 g/mol. The molecular formula is C18H26N6O. The van der Waals surface area contributed by atoms with Crippen LogP contribution in [0.2, 0.25) is 0 Å². The van der Waals surface area contributed by atoms with Crippen molar-refractivity contribution in [2.45, 2.75) is 37.4 Å². The zero-order valence-electron chi connectivity index (χ0n) is 15.2. The van der Waals surface area contributed by atoms with Crippen molar-refractivity contribution in [1.82, 2.24) is 20.4 Å². The molecule has 1 saturated carbocycles. The summed E-state index contributed by atoms with van der Waals surface area (Å²) in [4.78, 5) is 12.9. The number of piperidine rings is 1. The summed E-state index contributed by atoms with van der Waals surface area (Å²) in [7, 11) is 1.91. The number of hydrogen-bond donors (Lipinski definition) is 4. The van der Waals surface area contributed by atoms with Crippen molar-refractivity contribution in [3.63, 3.8) is 0 Å². The normalized spacial score (nSPS) is 31.2. The Morgan fingerprint density at radius 2 is 2.00 bits per heavy atom. The lowest BCUT2D eigenvalue weighted by atomic mass is 9.95. The number of rotatable bonds is 3. The molecule has 1 aromatic carbocycles. The Kier molecular flexibility index (Phi) is 3.18. The minimum Gasteiger partial charge on any atom is -0.345 e. The van der Waals surface area contributed by atoms with Crippen LogP contribution in [0, 0.1) is 12.8 Å². The van der Waals surface area contributed by atoms with Crippen LogP contribution in [-0.4, -0.2) is 39.9 Å². The Morgan fingerprint density at radius 3 is 2.64 bits per heavy atom. The lowest BCUT2D eigenvalue weighted by Gasteiger charge is -2.28. The number of hydrogen-bond acceptors (Lipinski definition) is 5. The molecule has 7 heteroatoms. The Labute approximate surface area is 147 Å². The molecule has 1 amide bonds. The minimum absolute atomic E-state index is 0.0847. The van der Waals surface area contributed by atoms with Crippen molar-refractivity contribution in [3.8, 4) is 0 Å². The molecule has 134 valence electrons. The van der Waals surface area contributed by atoms with Crippen molar-refractivity contribution >= 4 is 16.8 Å². The first-order valence-corrected chi connectivity index (χ1v) is 8.65. The molecular weight excluding hydrogens is 316 g/mol. The molecule has 1 aromatic heterocycles. The van der Waals surface area contributed by atoms with Crippen molar-refractivity contribution in [2.24, 2.45) is 24.4 Å². The fraction of sp³-hybridized carbons (Fsp3) is 0.556.